The molecule has 2 amide bonds. The molecule has 0 radical (unpaired) electrons. The van der Waals surface area contributed by atoms with Crippen molar-refractivity contribution in [3.05, 3.63) is 95.3 Å². The molecule has 0 unspecified atom stereocenters. The van der Waals surface area contributed by atoms with Crippen molar-refractivity contribution in [2.75, 3.05) is 11.8 Å². The number of carbonyl (C=O) groups excluding carboxylic acids is 2. The molecule has 0 aliphatic heterocycles. The summed E-state index contributed by atoms with van der Waals surface area (Å²) < 4.78 is 40.6. The molecule has 3 N–H and O–H groups in total. The average molecular weight is 441 g/mol. The van der Waals surface area contributed by atoms with Crippen LogP contribution >= 0.6 is 0 Å². The van der Waals surface area contributed by atoms with Gasteiger partial charge in [-0.05, 0) is 60.2 Å². The van der Waals surface area contributed by atoms with E-state index in [1.54, 1.807) is 24.3 Å². The predicted octanol–water partition coefficient (Wildman–Crippen LogP) is 2.92. The first-order chi connectivity index (χ1) is 14.8. The van der Waals surface area contributed by atoms with Crippen LogP contribution in [0.25, 0.3) is 0 Å². The van der Waals surface area contributed by atoms with E-state index in [4.69, 9.17) is 0 Å². The number of amides is 2. The summed E-state index contributed by atoms with van der Waals surface area (Å²) >= 11 is 0. The standard InChI is InChI=1S/C22H20FN3O4S/c1-24-21(27)16-5-2-4-15(12-16)14-25-22(28)17-6-3-7-20(13-17)31(29,30)26-19-10-8-18(23)9-11-19/h2-13,26H,14H2,1H3,(H,24,27)(H,25,28). The molecule has 0 aliphatic rings. The van der Waals surface area contributed by atoms with Crippen molar-refractivity contribution in [1.29, 1.82) is 0 Å². The van der Waals surface area contributed by atoms with E-state index in [2.05, 4.69) is 15.4 Å². The number of anilines is 1. The van der Waals surface area contributed by atoms with Crippen LogP contribution in [0, 0.1) is 5.82 Å². The highest BCUT2D eigenvalue weighted by molar-refractivity contribution is 7.92. The first-order valence-corrected chi connectivity index (χ1v) is 10.7. The summed E-state index contributed by atoms with van der Waals surface area (Å²) in [5.41, 5.74) is 1.54. The molecule has 0 fully saturated rings. The fourth-order valence-corrected chi connectivity index (χ4v) is 3.89. The van der Waals surface area contributed by atoms with Gasteiger partial charge in [-0.1, -0.05) is 18.2 Å². The van der Waals surface area contributed by atoms with Crippen LogP contribution < -0.4 is 15.4 Å². The average Bonchev–Trinajstić information content (AvgIpc) is 2.78. The van der Waals surface area contributed by atoms with Gasteiger partial charge >= 0.3 is 0 Å². The van der Waals surface area contributed by atoms with Crippen molar-refractivity contribution in [1.82, 2.24) is 10.6 Å². The summed E-state index contributed by atoms with van der Waals surface area (Å²) in [5, 5.41) is 5.24. The molecule has 0 spiro atoms. The maximum atomic E-state index is 13.0. The number of halogens is 1. The number of rotatable bonds is 7. The van der Waals surface area contributed by atoms with Crippen LogP contribution in [-0.2, 0) is 16.6 Å². The first-order valence-electron chi connectivity index (χ1n) is 9.26. The summed E-state index contributed by atoms with van der Waals surface area (Å²) in [6.45, 7) is 0.161. The maximum Gasteiger partial charge on any atom is 0.261 e. The number of nitrogens with one attached hydrogen (secondary N) is 3. The highest BCUT2D eigenvalue weighted by atomic mass is 32.2. The van der Waals surface area contributed by atoms with Gasteiger partial charge in [-0.2, -0.15) is 0 Å². The molecule has 0 aliphatic carbocycles. The number of sulfonamides is 1. The lowest BCUT2D eigenvalue weighted by molar-refractivity contribution is 0.0948. The van der Waals surface area contributed by atoms with Gasteiger partial charge in [0.25, 0.3) is 21.8 Å². The van der Waals surface area contributed by atoms with Crippen LogP contribution in [0.2, 0.25) is 0 Å². The Morgan fingerprint density at radius 1 is 0.871 bits per heavy atom. The smallest absolute Gasteiger partial charge is 0.261 e. The molecular weight excluding hydrogens is 421 g/mol. The molecule has 9 heteroatoms. The van der Waals surface area contributed by atoms with E-state index in [1.807, 2.05) is 0 Å². The van der Waals surface area contributed by atoms with Gasteiger partial charge < -0.3 is 10.6 Å². The van der Waals surface area contributed by atoms with Gasteiger partial charge in [-0.3, -0.25) is 14.3 Å². The van der Waals surface area contributed by atoms with E-state index in [1.165, 1.54) is 43.4 Å². The summed E-state index contributed by atoms with van der Waals surface area (Å²) in [6, 6.07) is 17.2. The van der Waals surface area contributed by atoms with E-state index < -0.39 is 21.7 Å². The van der Waals surface area contributed by atoms with Gasteiger partial charge in [0.1, 0.15) is 5.82 Å². The fourth-order valence-electron chi connectivity index (χ4n) is 2.79. The minimum Gasteiger partial charge on any atom is -0.355 e. The number of benzene rings is 3. The van der Waals surface area contributed by atoms with Crippen molar-refractivity contribution in [2.45, 2.75) is 11.4 Å². The third-order valence-corrected chi connectivity index (χ3v) is 5.75. The van der Waals surface area contributed by atoms with Crippen LogP contribution in [0.4, 0.5) is 10.1 Å². The minimum absolute atomic E-state index is 0.105. The molecule has 3 rings (SSSR count). The molecule has 0 saturated carbocycles. The van der Waals surface area contributed by atoms with E-state index in [0.29, 0.717) is 5.56 Å². The van der Waals surface area contributed by atoms with Gasteiger partial charge in [-0.25, -0.2) is 12.8 Å². The second-order valence-electron chi connectivity index (χ2n) is 6.60. The monoisotopic (exact) mass is 441 g/mol. The summed E-state index contributed by atoms with van der Waals surface area (Å²) in [7, 11) is -2.43. The molecule has 0 aromatic heterocycles. The van der Waals surface area contributed by atoms with Gasteiger partial charge in [0, 0.05) is 30.4 Å². The van der Waals surface area contributed by atoms with Crippen molar-refractivity contribution in [3.8, 4) is 0 Å². The van der Waals surface area contributed by atoms with Gasteiger partial charge in [0.05, 0.1) is 4.90 Å². The lowest BCUT2D eigenvalue weighted by atomic mass is 10.1. The van der Waals surface area contributed by atoms with E-state index >= 15 is 0 Å². The molecule has 0 saturated heterocycles. The van der Waals surface area contributed by atoms with Crippen molar-refractivity contribution in [2.24, 2.45) is 0 Å². The Bertz CT molecular complexity index is 1210. The summed E-state index contributed by atoms with van der Waals surface area (Å²) in [5.74, 6) is -1.19. The topological polar surface area (TPSA) is 104 Å². The molecule has 3 aromatic carbocycles. The zero-order chi connectivity index (χ0) is 22.4. The predicted molar refractivity (Wildman–Crippen MR) is 115 cm³/mol. The number of hydrogen-bond donors (Lipinski definition) is 3. The van der Waals surface area contributed by atoms with Crippen LogP contribution in [0.5, 0.6) is 0 Å². The molecule has 3 aromatic rings. The molecule has 7 nitrogen and oxygen atoms in total. The Kier molecular flexibility index (Phi) is 6.66. The van der Waals surface area contributed by atoms with Crippen LogP contribution in [-0.4, -0.2) is 27.3 Å². The zero-order valence-corrected chi connectivity index (χ0v) is 17.4. The summed E-state index contributed by atoms with van der Waals surface area (Å²) in [6.07, 6.45) is 0. The molecule has 160 valence electrons. The SMILES string of the molecule is CNC(=O)c1cccc(CNC(=O)c2cccc(S(=O)(=O)Nc3ccc(F)cc3)c2)c1. The largest absolute Gasteiger partial charge is 0.355 e. The molecular formula is C22H20FN3O4S. The van der Waals surface area contributed by atoms with Gasteiger partial charge in [-0.15, -0.1) is 0 Å². The summed E-state index contributed by atoms with van der Waals surface area (Å²) in [4.78, 5) is 24.1. The van der Waals surface area contributed by atoms with Crippen molar-refractivity contribution in [3.63, 3.8) is 0 Å². The lowest BCUT2D eigenvalue weighted by Crippen LogP contribution is -2.24. The third kappa shape index (κ3) is 5.67. The minimum atomic E-state index is -3.96. The molecule has 0 heterocycles. The molecule has 31 heavy (non-hydrogen) atoms. The lowest BCUT2D eigenvalue weighted by Gasteiger charge is -2.10. The Morgan fingerprint density at radius 3 is 2.19 bits per heavy atom. The first kappa shape index (κ1) is 22.0. The van der Waals surface area contributed by atoms with E-state index in [0.717, 1.165) is 17.7 Å². The third-order valence-electron chi connectivity index (χ3n) is 4.37. The molecule has 0 atom stereocenters. The highest BCUT2D eigenvalue weighted by Gasteiger charge is 2.17. The van der Waals surface area contributed by atoms with Crippen LogP contribution in [0.3, 0.4) is 0 Å². The van der Waals surface area contributed by atoms with Gasteiger partial charge in [0.2, 0.25) is 0 Å². The second-order valence-corrected chi connectivity index (χ2v) is 8.28. The fraction of sp³-hybridized carbons (Fsp3) is 0.0909. The van der Waals surface area contributed by atoms with Crippen LogP contribution in [0.15, 0.2) is 77.7 Å². The van der Waals surface area contributed by atoms with E-state index in [-0.39, 0.29) is 28.6 Å². The van der Waals surface area contributed by atoms with Gasteiger partial charge in [0.15, 0.2) is 0 Å². The maximum absolute atomic E-state index is 13.0. The Balaban J connectivity index is 1.71. The van der Waals surface area contributed by atoms with E-state index in [9.17, 15) is 22.4 Å². The highest BCUT2D eigenvalue weighted by Crippen LogP contribution is 2.18. The zero-order valence-electron chi connectivity index (χ0n) is 16.6. The number of hydrogen-bond acceptors (Lipinski definition) is 4. The molecule has 0 bridgehead atoms. The van der Waals surface area contributed by atoms with Crippen LogP contribution in [0.1, 0.15) is 26.3 Å². The van der Waals surface area contributed by atoms with Crippen molar-refractivity contribution >= 4 is 27.5 Å². The number of carbonyl (C=O) groups is 2. The normalized spacial score (nSPS) is 10.9. The Morgan fingerprint density at radius 2 is 1.52 bits per heavy atom. The Labute approximate surface area is 179 Å². The second kappa shape index (κ2) is 9.40. The Hall–Kier alpha value is -3.72. The quantitative estimate of drug-likeness (QED) is 0.524. The van der Waals surface area contributed by atoms with Crippen molar-refractivity contribution < 1.29 is 22.4 Å².